The molecule has 0 aromatic carbocycles. The smallest absolute Gasteiger partial charge is 0.259 e. The van der Waals surface area contributed by atoms with Crippen molar-refractivity contribution in [3.8, 4) is 5.88 Å². The van der Waals surface area contributed by atoms with Crippen LogP contribution in [0.2, 0.25) is 5.02 Å². The number of likely N-dealkylation sites (N-methyl/N-ethyl adjacent to an activating group) is 1. The molecule has 1 aliphatic heterocycles. The molecule has 1 aliphatic rings. The molecule has 0 saturated heterocycles. The number of carboxylic acids is 2. The first-order valence-corrected chi connectivity index (χ1v) is 7.64. The van der Waals surface area contributed by atoms with E-state index in [1.807, 2.05) is 14.1 Å². The summed E-state index contributed by atoms with van der Waals surface area (Å²) in [7, 11) is 5.79. The van der Waals surface area contributed by atoms with Gasteiger partial charge in [-0.1, -0.05) is 11.6 Å². The summed E-state index contributed by atoms with van der Waals surface area (Å²) < 4.78 is 5.84. The lowest BCUT2D eigenvalue weighted by Gasteiger charge is -2.21. The number of fused-ring (bicyclic) bond motifs is 1. The van der Waals surface area contributed by atoms with E-state index >= 15 is 0 Å². The molecule has 1 unspecified atom stereocenters. The summed E-state index contributed by atoms with van der Waals surface area (Å²) in [4.78, 5) is 37.9. The van der Waals surface area contributed by atoms with Crippen LogP contribution in [0, 0.1) is 0 Å². The Labute approximate surface area is 149 Å². The number of aromatic nitrogens is 1. The van der Waals surface area contributed by atoms with Crippen LogP contribution in [0.1, 0.15) is 16.8 Å². The number of aliphatic carboxylic acids is 2. The highest BCUT2D eigenvalue weighted by atomic mass is 35.5. The summed E-state index contributed by atoms with van der Waals surface area (Å²) >= 11 is 5.89. The van der Waals surface area contributed by atoms with Crippen LogP contribution in [-0.4, -0.2) is 73.0 Å². The van der Waals surface area contributed by atoms with E-state index in [9.17, 15) is 4.79 Å². The van der Waals surface area contributed by atoms with E-state index in [1.165, 1.54) is 6.20 Å². The average molecular weight is 372 g/mol. The van der Waals surface area contributed by atoms with Gasteiger partial charge in [-0.2, -0.15) is 0 Å². The van der Waals surface area contributed by atoms with Gasteiger partial charge >= 0.3 is 0 Å². The molecule has 0 radical (unpaired) electrons. The highest BCUT2D eigenvalue weighted by Gasteiger charge is 2.27. The number of hydrogen-bond donors (Lipinski definition) is 0. The monoisotopic (exact) mass is 371 g/mol. The van der Waals surface area contributed by atoms with Gasteiger partial charge in [0.1, 0.15) is 11.7 Å². The van der Waals surface area contributed by atoms with Gasteiger partial charge in [0.15, 0.2) is 0 Å². The average Bonchev–Trinajstić information content (AvgIpc) is 2.64. The van der Waals surface area contributed by atoms with Gasteiger partial charge in [0.2, 0.25) is 5.88 Å². The molecule has 9 nitrogen and oxygen atoms in total. The molecular weight excluding hydrogens is 354 g/mol. The number of amides is 1. The number of carbonyl (C=O) groups excluding carboxylic acids is 3. The van der Waals surface area contributed by atoms with Gasteiger partial charge in [-0.05, 0) is 26.6 Å². The summed E-state index contributed by atoms with van der Waals surface area (Å²) in [6, 6.07) is 1.61. The van der Waals surface area contributed by atoms with Gasteiger partial charge in [-0.15, -0.1) is 0 Å². The van der Waals surface area contributed by atoms with Crippen LogP contribution >= 0.6 is 11.6 Å². The van der Waals surface area contributed by atoms with Crippen molar-refractivity contribution < 1.29 is 29.3 Å². The predicted molar refractivity (Wildman–Crippen MR) is 83.8 cm³/mol. The van der Waals surface area contributed by atoms with Crippen molar-refractivity contribution in [3.05, 3.63) is 22.8 Å². The van der Waals surface area contributed by atoms with E-state index in [0.29, 0.717) is 23.0 Å². The fourth-order valence-electron chi connectivity index (χ4n) is 2.02. The first-order chi connectivity index (χ1) is 11.6. The number of nitrogens with zero attached hydrogens (tertiary/aromatic N) is 3. The fourth-order valence-corrected chi connectivity index (χ4v) is 2.17. The minimum atomic E-state index is -2.19. The normalized spacial score (nSPS) is 16.3. The second-order valence-electron chi connectivity index (χ2n) is 5.60. The van der Waals surface area contributed by atoms with Crippen LogP contribution in [0.5, 0.6) is 5.88 Å². The van der Waals surface area contributed by atoms with Crippen LogP contribution in [0.3, 0.4) is 0 Å². The molecule has 0 aliphatic carbocycles. The molecule has 0 N–H and O–H groups in total. The zero-order chi connectivity index (χ0) is 19.1. The molecule has 1 amide bonds. The highest BCUT2D eigenvalue weighted by Crippen LogP contribution is 2.25. The maximum Gasteiger partial charge on any atom is 0.259 e. The predicted octanol–water partition coefficient (Wildman–Crippen LogP) is -1.99. The van der Waals surface area contributed by atoms with E-state index in [-0.39, 0.29) is 12.0 Å². The van der Waals surface area contributed by atoms with E-state index < -0.39 is 11.9 Å². The fraction of sp³-hybridized carbons (Fsp3) is 0.467. The summed E-state index contributed by atoms with van der Waals surface area (Å²) in [6.07, 6.45) is 2.29. The standard InChI is InChI=1S/C13H18ClN3O2.C2H2O4/c1-16(2)5-4-10-8-17(3)13(18)11-6-9(14)7-15-12(11)19-10;3-1(4)2(5)6/h6-7,10H,4-5,8H2,1-3H3;(H,3,4)(H,5,6)/p-2. The molecule has 138 valence electrons. The van der Waals surface area contributed by atoms with Crippen molar-refractivity contribution >= 4 is 29.4 Å². The minimum absolute atomic E-state index is 0.0497. The molecular formula is C15H18ClN3O6-2. The minimum Gasteiger partial charge on any atom is -0.543 e. The SMILES string of the molecule is CN(C)CCC1CN(C)C(=O)c2cc(Cl)cnc2O1.O=C([O-])C(=O)[O-]. The third kappa shape index (κ3) is 6.55. The lowest BCUT2D eigenvalue weighted by molar-refractivity contribution is -0.345. The van der Waals surface area contributed by atoms with Crippen LogP contribution in [0.25, 0.3) is 0 Å². The molecule has 2 heterocycles. The van der Waals surface area contributed by atoms with E-state index in [0.717, 1.165) is 13.0 Å². The Morgan fingerprint density at radius 3 is 2.52 bits per heavy atom. The van der Waals surface area contributed by atoms with Crippen molar-refractivity contribution in [3.63, 3.8) is 0 Å². The third-order valence-electron chi connectivity index (χ3n) is 3.22. The zero-order valence-electron chi connectivity index (χ0n) is 14.0. The molecule has 0 fully saturated rings. The van der Waals surface area contributed by atoms with Gasteiger partial charge in [-0.3, -0.25) is 4.79 Å². The lowest BCUT2D eigenvalue weighted by Crippen LogP contribution is -2.42. The molecule has 0 bridgehead atoms. The van der Waals surface area contributed by atoms with Crippen molar-refractivity contribution in [2.75, 3.05) is 34.2 Å². The Morgan fingerprint density at radius 2 is 2.00 bits per heavy atom. The largest absolute Gasteiger partial charge is 0.543 e. The van der Waals surface area contributed by atoms with Gasteiger partial charge in [0, 0.05) is 19.8 Å². The van der Waals surface area contributed by atoms with Crippen molar-refractivity contribution in [2.24, 2.45) is 0 Å². The highest BCUT2D eigenvalue weighted by molar-refractivity contribution is 6.30. The van der Waals surface area contributed by atoms with Crippen LogP contribution < -0.4 is 14.9 Å². The zero-order valence-corrected chi connectivity index (χ0v) is 14.8. The molecule has 25 heavy (non-hydrogen) atoms. The first kappa shape index (κ1) is 20.7. The molecule has 1 atom stereocenters. The molecule has 0 spiro atoms. The Hall–Kier alpha value is -2.39. The molecule has 10 heteroatoms. The van der Waals surface area contributed by atoms with Gasteiger partial charge in [-0.25, -0.2) is 4.98 Å². The summed E-state index contributed by atoms with van der Waals surface area (Å²) in [5, 5.41) is 18.3. The van der Waals surface area contributed by atoms with Crippen molar-refractivity contribution in [1.82, 2.24) is 14.8 Å². The van der Waals surface area contributed by atoms with E-state index in [2.05, 4.69) is 9.88 Å². The number of carboxylic acid groups (broad SMARTS) is 2. The number of rotatable bonds is 3. The number of carbonyl (C=O) groups is 3. The Kier molecular flexibility index (Phi) is 7.59. The Morgan fingerprint density at radius 1 is 1.40 bits per heavy atom. The van der Waals surface area contributed by atoms with E-state index in [4.69, 9.17) is 36.1 Å². The molecule has 1 aromatic heterocycles. The summed E-state index contributed by atoms with van der Waals surface area (Å²) in [6.45, 7) is 1.45. The summed E-state index contributed by atoms with van der Waals surface area (Å²) in [5.41, 5.74) is 0.433. The van der Waals surface area contributed by atoms with Crippen LogP contribution in [0.4, 0.5) is 0 Å². The van der Waals surface area contributed by atoms with E-state index in [1.54, 1.807) is 18.0 Å². The van der Waals surface area contributed by atoms with Gasteiger partial charge < -0.3 is 34.3 Å². The molecule has 2 rings (SSSR count). The quantitative estimate of drug-likeness (QED) is 0.559. The first-order valence-electron chi connectivity index (χ1n) is 7.26. The maximum absolute atomic E-state index is 12.2. The molecule has 1 aromatic rings. The molecule has 0 saturated carbocycles. The maximum atomic E-state index is 12.2. The van der Waals surface area contributed by atoms with Crippen molar-refractivity contribution in [2.45, 2.75) is 12.5 Å². The Bertz CT molecular complexity index is 640. The van der Waals surface area contributed by atoms with Gasteiger partial charge in [0.25, 0.3) is 5.91 Å². The Balaban J connectivity index is 0.000000450. The topological polar surface area (TPSA) is 126 Å². The summed E-state index contributed by atoms with van der Waals surface area (Å²) in [5.74, 6) is -4.09. The number of hydrogen-bond acceptors (Lipinski definition) is 8. The number of halogens is 1. The van der Waals surface area contributed by atoms with Crippen molar-refractivity contribution in [1.29, 1.82) is 0 Å². The van der Waals surface area contributed by atoms with Crippen LogP contribution in [0.15, 0.2) is 12.3 Å². The number of ether oxygens (including phenoxy) is 1. The van der Waals surface area contributed by atoms with Crippen LogP contribution in [-0.2, 0) is 9.59 Å². The number of pyridine rings is 1. The lowest BCUT2D eigenvalue weighted by atomic mass is 10.2. The second-order valence-corrected chi connectivity index (χ2v) is 6.04. The third-order valence-corrected chi connectivity index (χ3v) is 3.42. The second kappa shape index (κ2) is 9.19. The van der Waals surface area contributed by atoms with Gasteiger partial charge in [0.05, 0.1) is 23.5 Å².